The molecule has 0 bridgehead atoms. The second-order valence-corrected chi connectivity index (χ2v) is 5.06. The molecule has 1 rings (SSSR count). The first-order valence-corrected chi connectivity index (χ1v) is 6.51. The number of carbonyl (C=O) groups excluding carboxylic acids is 1. The third kappa shape index (κ3) is 4.23. The molecule has 4 heteroatoms. The number of thioether (sulfide) groups is 1. The predicted molar refractivity (Wildman–Crippen MR) is 68.8 cm³/mol. The average molecular weight is 252 g/mol. The monoisotopic (exact) mass is 252 g/mol. The molecule has 1 aromatic carbocycles. The lowest BCUT2D eigenvalue weighted by molar-refractivity contribution is -0.136. The van der Waals surface area contributed by atoms with E-state index in [-0.39, 0.29) is 18.6 Å². The van der Waals surface area contributed by atoms with Gasteiger partial charge >= 0.3 is 5.97 Å². The first-order chi connectivity index (χ1) is 8.04. The van der Waals surface area contributed by atoms with E-state index in [1.165, 1.54) is 0 Å². The highest BCUT2D eigenvalue weighted by Crippen LogP contribution is 2.25. The lowest BCUT2D eigenvalue weighted by Gasteiger charge is -2.08. The van der Waals surface area contributed by atoms with Crippen molar-refractivity contribution < 1.29 is 14.7 Å². The van der Waals surface area contributed by atoms with E-state index in [0.717, 1.165) is 16.2 Å². The van der Waals surface area contributed by atoms with E-state index in [1.807, 2.05) is 32.0 Å². The van der Waals surface area contributed by atoms with Crippen molar-refractivity contribution >= 4 is 23.5 Å². The Morgan fingerprint density at radius 2 is 2.00 bits per heavy atom. The Labute approximate surface area is 105 Å². The quantitative estimate of drug-likeness (QED) is 0.624. The van der Waals surface area contributed by atoms with Crippen LogP contribution in [0.25, 0.3) is 0 Å². The standard InChI is InChI=1S/C13H16O3S/c1-3-17-12-6-4-9(2)8-10(12)11(14)5-7-13(15)16/h4,6,8H,3,5,7H2,1-2H3,(H,15,16). The molecule has 0 heterocycles. The molecule has 92 valence electrons. The first kappa shape index (κ1) is 13.8. The average Bonchev–Trinajstić information content (AvgIpc) is 2.28. The summed E-state index contributed by atoms with van der Waals surface area (Å²) in [5, 5.41) is 8.58. The van der Waals surface area contributed by atoms with Gasteiger partial charge in [-0.3, -0.25) is 9.59 Å². The van der Waals surface area contributed by atoms with Gasteiger partial charge in [-0.15, -0.1) is 11.8 Å². The van der Waals surface area contributed by atoms with E-state index < -0.39 is 5.97 Å². The fourth-order valence-electron chi connectivity index (χ4n) is 1.50. The lowest BCUT2D eigenvalue weighted by atomic mass is 10.0. The maximum absolute atomic E-state index is 11.9. The molecule has 0 aliphatic carbocycles. The third-order valence-corrected chi connectivity index (χ3v) is 3.26. The van der Waals surface area contributed by atoms with Crippen LogP contribution in [0.1, 0.15) is 35.7 Å². The van der Waals surface area contributed by atoms with Gasteiger partial charge in [0.1, 0.15) is 0 Å². The topological polar surface area (TPSA) is 54.4 Å². The lowest BCUT2D eigenvalue weighted by Crippen LogP contribution is -2.05. The Kier molecular flexibility index (Phi) is 5.22. The molecule has 0 aliphatic heterocycles. The van der Waals surface area contributed by atoms with Gasteiger partial charge in [-0.05, 0) is 24.8 Å². The molecule has 0 saturated carbocycles. The summed E-state index contributed by atoms with van der Waals surface area (Å²) < 4.78 is 0. The number of aryl methyl sites for hydroxylation is 1. The summed E-state index contributed by atoms with van der Waals surface area (Å²) in [6.45, 7) is 3.95. The number of hydrogen-bond acceptors (Lipinski definition) is 3. The van der Waals surface area contributed by atoms with Gasteiger partial charge in [-0.2, -0.15) is 0 Å². The molecule has 17 heavy (non-hydrogen) atoms. The van der Waals surface area contributed by atoms with E-state index in [1.54, 1.807) is 11.8 Å². The molecule has 0 spiro atoms. The Morgan fingerprint density at radius 3 is 2.59 bits per heavy atom. The number of rotatable bonds is 6. The molecule has 0 saturated heterocycles. The van der Waals surface area contributed by atoms with E-state index in [0.29, 0.717) is 5.56 Å². The highest BCUT2D eigenvalue weighted by atomic mass is 32.2. The van der Waals surface area contributed by atoms with Crippen molar-refractivity contribution in [3.63, 3.8) is 0 Å². The molecule has 0 atom stereocenters. The largest absolute Gasteiger partial charge is 0.481 e. The van der Waals surface area contributed by atoms with Gasteiger partial charge in [0.25, 0.3) is 0 Å². The van der Waals surface area contributed by atoms with Gasteiger partial charge in [0.2, 0.25) is 0 Å². The van der Waals surface area contributed by atoms with Crippen LogP contribution in [0.5, 0.6) is 0 Å². The van der Waals surface area contributed by atoms with Gasteiger partial charge in [-0.25, -0.2) is 0 Å². The Hall–Kier alpha value is -1.29. The minimum absolute atomic E-state index is 0.0655. The molecule has 1 N–H and O–H groups in total. The Bertz CT molecular complexity index is 427. The Balaban J connectivity index is 2.89. The maximum Gasteiger partial charge on any atom is 0.303 e. The minimum Gasteiger partial charge on any atom is -0.481 e. The molecule has 0 aromatic heterocycles. The minimum atomic E-state index is -0.935. The van der Waals surface area contributed by atoms with Crippen molar-refractivity contribution in [2.45, 2.75) is 31.6 Å². The zero-order valence-corrected chi connectivity index (χ0v) is 10.8. The summed E-state index contributed by atoms with van der Waals surface area (Å²) in [5.74, 6) is -0.134. The van der Waals surface area contributed by atoms with Crippen LogP contribution >= 0.6 is 11.8 Å². The summed E-state index contributed by atoms with van der Waals surface area (Å²) in [4.78, 5) is 23.3. The molecule has 0 radical (unpaired) electrons. The van der Waals surface area contributed by atoms with E-state index in [9.17, 15) is 9.59 Å². The predicted octanol–water partition coefficient (Wildman–Crippen LogP) is 3.15. The van der Waals surface area contributed by atoms with Crippen molar-refractivity contribution in [1.29, 1.82) is 0 Å². The van der Waals surface area contributed by atoms with Crippen LogP contribution in [-0.2, 0) is 4.79 Å². The summed E-state index contributed by atoms with van der Waals surface area (Å²) in [6.07, 6.45) is -0.0426. The van der Waals surface area contributed by atoms with Crippen molar-refractivity contribution in [2.24, 2.45) is 0 Å². The van der Waals surface area contributed by atoms with E-state index in [4.69, 9.17) is 5.11 Å². The second kappa shape index (κ2) is 6.45. The smallest absolute Gasteiger partial charge is 0.303 e. The van der Waals surface area contributed by atoms with Crippen LogP contribution in [0.3, 0.4) is 0 Å². The molecule has 0 fully saturated rings. The molecule has 0 unspecified atom stereocenters. The van der Waals surface area contributed by atoms with Crippen LogP contribution in [-0.4, -0.2) is 22.6 Å². The summed E-state index contributed by atoms with van der Waals surface area (Å²) in [6, 6.07) is 5.73. The molecule has 0 aliphatic rings. The van der Waals surface area contributed by atoms with Gasteiger partial charge in [0, 0.05) is 16.9 Å². The maximum atomic E-state index is 11.9. The van der Waals surface area contributed by atoms with Crippen LogP contribution in [0.2, 0.25) is 0 Å². The number of ketones is 1. The molecular formula is C13H16O3S. The number of carboxylic acid groups (broad SMARTS) is 1. The van der Waals surface area contributed by atoms with Crippen molar-refractivity contribution in [1.82, 2.24) is 0 Å². The summed E-state index contributed by atoms with van der Waals surface area (Å²) in [7, 11) is 0. The molecule has 3 nitrogen and oxygen atoms in total. The van der Waals surface area contributed by atoms with Gasteiger partial charge < -0.3 is 5.11 Å². The van der Waals surface area contributed by atoms with Crippen molar-refractivity contribution in [3.05, 3.63) is 29.3 Å². The SMILES string of the molecule is CCSc1ccc(C)cc1C(=O)CCC(=O)O. The van der Waals surface area contributed by atoms with E-state index >= 15 is 0 Å². The number of aliphatic carboxylic acids is 1. The summed E-state index contributed by atoms with van der Waals surface area (Å²) >= 11 is 1.60. The van der Waals surface area contributed by atoms with Crippen LogP contribution in [0.4, 0.5) is 0 Å². The zero-order valence-electron chi connectivity index (χ0n) is 10.0. The second-order valence-electron chi connectivity index (χ2n) is 3.75. The number of carbonyl (C=O) groups is 2. The van der Waals surface area contributed by atoms with Crippen molar-refractivity contribution in [3.8, 4) is 0 Å². The zero-order chi connectivity index (χ0) is 12.8. The normalized spacial score (nSPS) is 10.2. The molecular weight excluding hydrogens is 236 g/mol. The number of Topliss-reactive ketones (excluding diaryl/α,β-unsaturated/α-hetero) is 1. The van der Waals surface area contributed by atoms with Gasteiger partial charge in [0.15, 0.2) is 5.78 Å². The highest BCUT2D eigenvalue weighted by molar-refractivity contribution is 7.99. The fourth-order valence-corrected chi connectivity index (χ4v) is 2.30. The molecule has 1 aromatic rings. The fraction of sp³-hybridized carbons (Fsp3) is 0.385. The first-order valence-electron chi connectivity index (χ1n) is 5.53. The van der Waals surface area contributed by atoms with Gasteiger partial charge in [0.05, 0.1) is 6.42 Å². The Morgan fingerprint density at radius 1 is 1.29 bits per heavy atom. The van der Waals surface area contributed by atoms with E-state index in [2.05, 4.69) is 0 Å². The number of carboxylic acids is 1. The third-order valence-electron chi connectivity index (χ3n) is 2.30. The number of benzene rings is 1. The summed E-state index contributed by atoms with van der Waals surface area (Å²) in [5.41, 5.74) is 1.67. The van der Waals surface area contributed by atoms with Crippen LogP contribution in [0.15, 0.2) is 23.1 Å². The molecule has 0 amide bonds. The highest BCUT2D eigenvalue weighted by Gasteiger charge is 2.13. The number of hydrogen-bond donors (Lipinski definition) is 1. The van der Waals surface area contributed by atoms with Crippen LogP contribution < -0.4 is 0 Å². The van der Waals surface area contributed by atoms with Crippen LogP contribution in [0, 0.1) is 6.92 Å². The van der Waals surface area contributed by atoms with Gasteiger partial charge in [-0.1, -0.05) is 18.6 Å². The van der Waals surface area contributed by atoms with Crippen molar-refractivity contribution in [2.75, 3.05) is 5.75 Å².